The monoisotopic (exact) mass is 230 g/mol. The maximum Gasteiger partial charge on any atom is 0.251 e. The number of fused-ring (bicyclic) bond motifs is 1. The van der Waals surface area contributed by atoms with Crippen LogP contribution in [0.2, 0.25) is 0 Å². The van der Waals surface area contributed by atoms with Crippen molar-refractivity contribution in [2.24, 2.45) is 5.73 Å². The maximum atomic E-state index is 11.8. The summed E-state index contributed by atoms with van der Waals surface area (Å²) in [5, 5.41) is 2.84. The molecular weight excluding hydrogens is 212 g/mol. The highest BCUT2D eigenvalue weighted by atomic mass is 16.1. The molecule has 0 spiro atoms. The maximum absolute atomic E-state index is 11.8. The van der Waals surface area contributed by atoms with Gasteiger partial charge in [-0.25, -0.2) is 0 Å². The SMILES string of the molecule is NC/C=C/CNC(=O)c1ccc2c(c1)CCC2. The second-order valence-electron chi connectivity index (χ2n) is 4.25. The summed E-state index contributed by atoms with van der Waals surface area (Å²) in [5.41, 5.74) is 8.80. The lowest BCUT2D eigenvalue weighted by atomic mass is 10.1. The first kappa shape index (κ1) is 11.9. The van der Waals surface area contributed by atoms with Crippen LogP contribution < -0.4 is 11.1 Å². The number of amides is 1. The van der Waals surface area contributed by atoms with Gasteiger partial charge in [0.15, 0.2) is 0 Å². The van der Waals surface area contributed by atoms with E-state index in [-0.39, 0.29) is 5.91 Å². The quantitative estimate of drug-likeness (QED) is 0.769. The summed E-state index contributed by atoms with van der Waals surface area (Å²) in [6.45, 7) is 1.04. The van der Waals surface area contributed by atoms with Gasteiger partial charge in [-0.1, -0.05) is 18.2 Å². The van der Waals surface area contributed by atoms with E-state index in [1.54, 1.807) is 0 Å². The number of aryl methyl sites for hydroxylation is 2. The predicted molar refractivity (Wildman–Crippen MR) is 69.0 cm³/mol. The van der Waals surface area contributed by atoms with Crippen LogP contribution in [-0.4, -0.2) is 19.0 Å². The van der Waals surface area contributed by atoms with Crippen molar-refractivity contribution in [2.75, 3.05) is 13.1 Å². The highest BCUT2D eigenvalue weighted by molar-refractivity contribution is 5.94. The first-order valence-electron chi connectivity index (χ1n) is 6.06. The molecule has 0 bridgehead atoms. The second kappa shape index (κ2) is 5.64. The molecule has 0 aliphatic heterocycles. The minimum absolute atomic E-state index is 0.0126. The molecular formula is C14H18N2O. The fourth-order valence-corrected chi connectivity index (χ4v) is 2.15. The van der Waals surface area contributed by atoms with E-state index >= 15 is 0 Å². The van der Waals surface area contributed by atoms with Crippen LogP contribution >= 0.6 is 0 Å². The summed E-state index contributed by atoms with van der Waals surface area (Å²) in [6.07, 6.45) is 7.16. The van der Waals surface area contributed by atoms with Crippen LogP contribution in [0, 0.1) is 0 Å². The molecule has 1 aliphatic carbocycles. The van der Waals surface area contributed by atoms with E-state index in [4.69, 9.17) is 5.73 Å². The fourth-order valence-electron chi connectivity index (χ4n) is 2.15. The third-order valence-electron chi connectivity index (χ3n) is 3.04. The number of carbonyl (C=O) groups is 1. The van der Waals surface area contributed by atoms with Crippen molar-refractivity contribution >= 4 is 5.91 Å². The molecule has 0 saturated heterocycles. The molecule has 17 heavy (non-hydrogen) atoms. The highest BCUT2D eigenvalue weighted by Gasteiger charge is 2.13. The highest BCUT2D eigenvalue weighted by Crippen LogP contribution is 2.22. The van der Waals surface area contributed by atoms with Gasteiger partial charge in [0.05, 0.1) is 0 Å². The topological polar surface area (TPSA) is 55.1 Å². The molecule has 0 atom stereocenters. The molecule has 1 aliphatic rings. The smallest absolute Gasteiger partial charge is 0.251 e. The Morgan fingerprint density at radius 1 is 1.29 bits per heavy atom. The number of hydrogen-bond acceptors (Lipinski definition) is 2. The van der Waals surface area contributed by atoms with E-state index in [0.717, 1.165) is 18.4 Å². The van der Waals surface area contributed by atoms with Crippen molar-refractivity contribution in [3.8, 4) is 0 Å². The largest absolute Gasteiger partial charge is 0.349 e. The fraction of sp³-hybridized carbons (Fsp3) is 0.357. The Hall–Kier alpha value is -1.61. The van der Waals surface area contributed by atoms with Crippen LogP contribution in [0.1, 0.15) is 27.9 Å². The first-order chi connectivity index (χ1) is 8.31. The zero-order valence-electron chi connectivity index (χ0n) is 9.91. The van der Waals surface area contributed by atoms with Crippen molar-refractivity contribution in [1.82, 2.24) is 5.32 Å². The van der Waals surface area contributed by atoms with Crippen molar-refractivity contribution in [3.05, 3.63) is 47.0 Å². The van der Waals surface area contributed by atoms with E-state index in [1.165, 1.54) is 17.5 Å². The molecule has 0 fully saturated rings. The van der Waals surface area contributed by atoms with Crippen LogP contribution in [0.25, 0.3) is 0 Å². The van der Waals surface area contributed by atoms with Crippen molar-refractivity contribution in [2.45, 2.75) is 19.3 Å². The number of nitrogens with one attached hydrogen (secondary N) is 1. The van der Waals surface area contributed by atoms with Crippen LogP contribution in [-0.2, 0) is 12.8 Å². The Balaban J connectivity index is 1.97. The zero-order chi connectivity index (χ0) is 12.1. The van der Waals surface area contributed by atoms with E-state index in [9.17, 15) is 4.79 Å². The van der Waals surface area contributed by atoms with Gasteiger partial charge in [-0.05, 0) is 42.5 Å². The minimum Gasteiger partial charge on any atom is -0.349 e. The third kappa shape index (κ3) is 2.94. The van der Waals surface area contributed by atoms with Gasteiger partial charge < -0.3 is 11.1 Å². The standard InChI is InChI=1S/C14H18N2O/c15-8-1-2-9-16-14(17)13-7-6-11-4-3-5-12(11)10-13/h1-2,6-7,10H,3-5,8-9,15H2,(H,16,17)/b2-1+. The van der Waals surface area contributed by atoms with Gasteiger partial charge in [0, 0.05) is 18.7 Å². The second-order valence-corrected chi connectivity index (χ2v) is 4.25. The predicted octanol–water partition coefficient (Wildman–Crippen LogP) is 1.42. The first-order valence-corrected chi connectivity index (χ1v) is 6.06. The summed E-state index contributed by atoms with van der Waals surface area (Å²) in [7, 11) is 0. The number of carbonyl (C=O) groups excluding carboxylic acids is 1. The van der Waals surface area contributed by atoms with E-state index in [1.807, 2.05) is 24.3 Å². The van der Waals surface area contributed by atoms with Crippen LogP contribution in [0.4, 0.5) is 0 Å². The Kier molecular flexibility index (Phi) is 3.94. The zero-order valence-corrected chi connectivity index (χ0v) is 9.91. The molecule has 3 N–H and O–H groups in total. The lowest BCUT2D eigenvalue weighted by Gasteiger charge is -2.05. The lowest BCUT2D eigenvalue weighted by molar-refractivity contribution is 0.0958. The van der Waals surface area contributed by atoms with Gasteiger partial charge in [0.25, 0.3) is 5.91 Å². The van der Waals surface area contributed by atoms with Crippen molar-refractivity contribution < 1.29 is 4.79 Å². The van der Waals surface area contributed by atoms with Gasteiger partial charge in [0.2, 0.25) is 0 Å². The molecule has 0 unspecified atom stereocenters. The average molecular weight is 230 g/mol. The average Bonchev–Trinajstić information content (AvgIpc) is 2.81. The van der Waals surface area contributed by atoms with Crippen molar-refractivity contribution in [1.29, 1.82) is 0 Å². The Labute approximate surface area is 102 Å². The number of rotatable bonds is 4. The number of hydrogen-bond donors (Lipinski definition) is 2. The van der Waals surface area contributed by atoms with Crippen LogP contribution in [0.3, 0.4) is 0 Å². The molecule has 3 heteroatoms. The molecule has 1 amide bonds. The molecule has 0 radical (unpaired) electrons. The van der Waals surface area contributed by atoms with Gasteiger partial charge in [-0.3, -0.25) is 4.79 Å². The summed E-state index contributed by atoms with van der Waals surface area (Å²) in [4.78, 5) is 11.8. The van der Waals surface area contributed by atoms with E-state index in [0.29, 0.717) is 13.1 Å². The number of benzene rings is 1. The van der Waals surface area contributed by atoms with E-state index in [2.05, 4.69) is 11.4 Å². The molecule has 1 aromatic rings. The lowest BCUT2D eigenvalue weighted by Crippen LogP contribution is -2.23. The Bertz CT molecular complexity index is 438. The summed E-state index contributed by atoms with van der Waals surface area (Å²) >= 11 is 0. The van der Waals surface area contributed by atoms with Gasteiger partial charge in [0.1, 0.15) is 0 Å². The van der Waals surface area contributed by atoms with Crippen molar-refractivity contribution in [3.63, 3.8) is 0 Å². The minimum atomic E-state index is -0.0126. The van der Waals surface area contributed by atoms with Gasteiger partial charge in [-0.2, -0.15) is 0 Å². The Morgan fingerprint density at radius 3 is 2.94 bits per heavy atom. The molecule has 0 saturated carbocycles. The molecule has 0 aromatic heterocycles. The Morgan fingerprint density at radius 2 is 2.12 bits per heavy atom. The van der Waals surface area contributed by atoms with Crippen LogP contribution in [0.5, 0.6) is 0 Å². The normalized spacial score (nSPS) is 13.9. The molecule has 90 valence electrons. The van der Waals surface area contributed by atoms with Gasteiger partial charge >= 0.3 is 0 Å². The summed E-state index contributed by atoms with van der Waals surface area (Å²) < 4.78 is 0. The molecule has 1 aromatic carbocycles. The van der Waals surface area contributed by atoms with E-state index < -0.39 is 0 Å². The summed E-state index contributed by atoms with van der Waals surface area (Å²) in [6, 6.07) is 6.00. The third-order valence-corrected chi connectivity index (χ3v) is 3.04. The molecule has 0 heterocycles. The number of nitrogens with two attached hydrogens (primary N) is 1. The molecule has 2 rings (SSSR count). The van der Waals surface area contributed by atoms with Crippen LogP contribution in [0.15, 0.2) is 30.4 Å². The summed E-state index contributed by atoms with van der Waals surface area (Å²) in [5.74, 6) is -0.0126. The molecule has 3 nitrogen and oxygen atoms in total. The van der Waals surface area contributed by atoms with Gasteiger partial charge in [-0.15, -0.1) is 0 Å².